The Morgan fingerprint density at radius 2 is 0.596 bits per heavy atom. The van der Waals surface area contributed by atoms with Crippen LogP contribution in [0.4, 0.5) is 30.7 Å². The first-order valence-corrected chi connectivity index (χ1v) is 38.5. The number of aryl methyl sites for hydroxylation is 15. The summed E-state index contributed by atoms with van der Waals surface area (Å²) >= 11 is 0. The van der Waals surface area contributed by atoms with Crippen LogP contribution in [0.3, 0.4) is 0 Å². The highest BCUT2D eigenvalue weighted by Crippen LogP contribution is 2.44. The molecular weight excluding hydrogens is 1360 g/mol. The largest absolute Gasteiger partial charge is 0.207 e. The summed E-state index contributed by atoms with van der Waals surface area (Å²) in [5.41, 5.74) is 34.4. The molecule has 0 atom stereocenters. The van der Waals surface area contributed by atoms with Crippen LogP contribution in [-0.2, 0) is 12.8 Å². The molecule has 3 aliphatic rings. The normalized spacial score (nSPS) is 13.4. The van der Waals surface area contributed by atoms with Gasteiger partial charge in [-0.2, -0.15) is 0 Å². The minimum absolute atomic E-state index is 0.0774. The molecule has 0 spiro atoms. The van der Waals surface area contributed by atoms with Crippen LogP contribution in [0.1, 0.15) is 184 Å². The van der Waals surface area contributed by atoms with E-state index in [1.807, 2.05) is 79.7 Å². The van der Waals surface area contributed by atoms with Gasteiger partial charge >= 0.3 is 0 Å². The average Bonchev–Trinajstić information content (AvgIpc) is 1.12. The van der Waals surface area contributed by atoms with Gasteiger partial charge in [0, 0.05) is 27.3 Å². The predicted octanol–water partition coefficient (Wildman–Crippen LogP) is 30.2. The summed E-state index contributed by atoms with van der Waals surface area (Å²) < 4.78 is 95.2. The van der Waals surface area contributed by atoms with Crippen molar-refractivity contribution in [1.29, 1.82) is 0 Å². The molecule has 0 amide bonds. The minimum atomic E-state index is -0.475. The third kappa shape index (κ3) is 19.4. The molecule has 16 rings (SSSR count). The lowest BCUT2D eigenvalue weighted by atomic mass is 9.84. The third-order valence-electron chi connectivity index (χ3n) is 23.1. The van der Waals surface area contributed by atoms with E-state index in [1.54, 1.807) is 32.0 Å². The number of halogens is 7. The molecule has 0 bridgehead atoms. The zero-order valence-corrected chi connectivity index (χ0v) is 69.0. The molecule has 0 heterocycles. The van der Waals surface area contributed by atoms with E-state index in [0.29, 0.717) is 32.7 Å². The Hall–Kier alpha value is -9.59. The first-order chi connectivity index (χ1) is 51.3. The molecule has 1 fully saturated rings. The molecule has 568 valence electrons. The molecule has 0 radical (unpaired) electrons. The van der Waals surface area contributed by atoms with Gasteiger partial charge < -0.3 is 0 Å². The Kier molecular flexibility index (Phi) is 27.1. The third-order valence-corrected chi connectivity index (χ3v) is 23.1. The van der Waals surface area contributed by atoms with Crippen LogP contribution >= 0.6 is 0 Å². The summed E-state index contributed by atoms with van der Waals surface area (Å²) in [5.74, 6) is 0.216. The summed E-state index contributed by atoms with van der Waals surface area (Å²) in [5, 5.41) is 6.23. The fourth-order valence-corrected chi connectivity index (χ4v) is 15.3. The van der Waals surface area contributed by atoms with Gasteiger partial charge in [-0.1, -0.05) is 171 Å². The number of hydrogen-bond acceptors (Lipinski definition) is 0. The smallest absolute Gasteiger partial charge is 0.131 e. The second kappa shape index (κ2) is 35.4. The average molecular weight is 1470 g/mol. The Morgan fingerprint density at radius 3 is 1.14 bits per heavy atom. The maximum atomic E-state index is 14.4. The topological polar surface area (TPSA) is 0 Å². The lowest BCUT2D eigenvalue weighted by Gasteiger charge is -2.22. The maximum absolute atomic E-state index is 14.4. The number of rotatable bonds is 0. The zero-order chi connectivity index (χ0) is 80.1. The van der Waals surface area contributed by atoms with Crippen LogP contribution in [0.2, 0.25) is 0 Å². The summed E-state index contributed by atoms with van der Waals surface area (Å²) in [6.07, 6.45) is 7.88. The van der Waals surface area contributed by atoms with E-state index < -0.39 is 11.6 Å². The molecule has 3 aliphatic carbocycles. The molecule has 0 nitrogen and oxygen atoms in total. The van der Waals surface area contributed by atoms with Gasteiger partial charge in [0.2, 0.25) is 0 Å². The number of fused-ring (bicyclic) bond motifs is 12. The molecular formula is C102H111F7. The highest BCUT2D eigenvalue weighted by molar-refractivity contribution is 6.11. The van der Waals surface area contributed by atoms with Crippen molar-refractivity contribution in [2.75, 3.05) is 0 Å². The van der Waals surface area contributed by atoms with Crippen molar-refractivity contribution >= 4 is 43.1 Å². The standard InChI is InChI=1S/C18H16F2.C18H17F.C17H17F.C17H18.C8H8F2.C8H9F.C8H16.C8H10/c1-9-5-13-8-16(20)17-12(4)11(3)10(2)7-14(17)18(13)15(19)6-9;1-10-5-6-15-14(7-10)9-17(19)18-13(4)12(3)11(2)8-16(15)18;1-9-5-13-8-14-12(4)11(3)10(2)7-15(14)17(13)16(18)6-9;1-10-5-6-15-14(7-10)9-16-13(4)12(3)11(2)8-17(15)16;1-5-3-7(9)6(2)8(10)4-5;1-6-3-4-7(2)8(9)5-6;2*1-7-3-5-8(2)6-4-7/h5-8H,1-4H3;5-9H,1-4H3;5-7H,8H2,1-4H3;5-8H,9H2,1-4H3;3-4H,1-2H3;3-5H,1-2H3;7-8H,3-6H2,1-2H3;3-6H,1-2H3. The fraction of sp³-hybridized carbons (Fsp3) is 0.314. The molecule has 13 aromatic rings. The van der Waals surface area contributed by atoms with Crippen LogP contribution < -0.4 is 0 Å². The van der Waals surface area contributed by atoms with Crippen LogP contribution in [0.25, 0.3) is 65.3 Å². The first kappa shape index (κ1) is 83.4. The molecule has 0 unspecified atom stereocenters. The van der Waals surface area contributed by atoms with Gasteiger partial charge in [0.05, 0.1) is 0 Å². The minimum Gasteiger partial charge on any atom is -0.207 e. The second-order valence-corrected chi connectivity index (χ2v) is 31.9. The Morgan fingerprint density at radius 1 is 0.229 bits per heavy atom. The number of benzene rings is 13. The maximum Gasteiger partial charge on any atom is 0.131 e. The van der Waals surface area contributed by atoms with Crippen molar-refractivity contribution in [3.63, 3.8) is 0 Å². The van der Waals surface area contributed by atoms with E-state index in [4.69, 9.17) is 0 Å². The van der Waals surface area contributed by atoms with E-state index in [9.17, 15) is 30.7 Å². The van der Waals surface area contributed by atoms with Gasteiger partial charge in [-0.05, 0) is 380 Å². The van der Waals surface area contributed by atoms with Gasteiger partial charge in [-0.25, -0.2) is 30.7 Å². The quantitative estimate of drug-likeness (QED) is 0.105. The lowest BCUT2D eigenvalue weighted by molar-refractivity contribution is 0.308. The fourth-order valence-electron chi connectivity index (χ4n) is 15.3. The molecule has 7 heteroatoms. The molecule has 0 N–H and O–H groups in total. The molecule has 1 saturated carbocycles. The second-order valence-electron chi connectivity index (χ2n) is 31.9. The van der Waals surface area contributed by atoms with Gasteiger partial charge in [0.15, 0.2) is 0 Å². The van der Waals surface area contributed by atoms with Crippen molar-refractivity contribution in [3.05, 3.63) is 337 Å². The monoisotopic (exact) mass is 1470 g/mol. The highest BCUT2D eigenvalue weighted by atomic mass is 19.2. The zero-order valence-electron chi connectivity index (χ0n) is 69.0. The van der Waals surface area contributed by atoms with Crippen molar-refractivity contribution in [3.8, 4) is 22.3 Å². The Labute approximate surface area is 645 Å². The Balaban J connectivity index is 0.000000147. The molecule has 0 saturated heterocycles. The number of hydrogen-bond donors (Lipinski definition) is 0. The van der Waals surface area contributed by atoms with Crippen molar-refractivity contribution < 1.29 is 30.7 Å². The van der Waals surface area contributed by atoms with E-state index in [2.05, 4.69) is 169 Å². The summed E-state index contributed by atoms with van der Waals surface area (Å²) in [6.45, 7) is 48.7. The summed E-state index contributed by atoms with van der Waals surface area (Å²) in [6, 6.07) is 48.1. The first-order valence-electron chi connectivity index (χ1n) is 38.5. The van der Waals surface area contributed by atoms with Gasteiger partial charge in [-0.15, -0.1) is 0 Å². The molecule has 13 aromatic carbocycles. The van der Waals surface area contributed by atoms with E-state index in [1.165, 1.54) is 152 Å². The van der Waals surface area contributed by atoms with Crippen molar-refractivity contribution in [2.24, 2.45) is 11.8 Å². The predicted molar refractivity (Wildman–Crippen MR) is 452 cm³/mol. The highest BCUT2D eigenvalue weighted by Gasteiger charge is 2.26. The van der Waals surface area contributed by atoms with Crippen LogP contribution in [0.5, 0.6) is 0 Å². The van der Waals surface area contributed by atoms with Crippen molar-refractivity contribution in [2.45, 2.75) is 205 Å². The summed E-state index contributed by atoms with van der Waals surface area (Å²) in [4.78, 5) is 0. The van der Waals surface area contributed by atoms with Crippen LogP contribution in [0, 0.1) is 205 Å². The molecule has 109 heavy (non-hydrogen) atoms. The van der Waals surface area contributed by atoms with E-state index in [0.717, 1.165) is 107 Å². The van der Waals surface area contributed by atoms with Crippen LogP contribution in [0.15, 0.2) is 152 Å². The Bertz CT molecular complexity index is 5510. The lowest BCUT2D eigenvalue weighted by Crippen LogP contribution is -2.08. The van der Waals surface area contributed by atoms with E-state index in [-0.39, 0.29) is 34.6 Å². The van der Waals surface area contributed by atoms with Crippen LogP contribution in [-0.4, -0.2) is 0 Å². The molecule has 0 aliphatic heterocycles. The molecule has 0 aromatic heterocycles. The van der Waals surface area contributed by atoms with Gasteiger partial charge in [0.25, 0.3) is 0 Å². The van der Waals surface area contributed by atoms with Gasteiger partial charge in [0.1, 0.15) is 40.7 Å². The van der Waals surface area contributed by atoms with Crippen molar-refractivity contribution in [1.82, 2.24) is 0 Å². The summed E-state index contributed by atoms with van der Waals surface area (Å²) in [7, 11) is 0. The van der Waals surface area contributed by atoms with Gasteiger partial charge in [-0.3, -0.25) is 0 Å². The van der Waals surface area contributed by atoms with E-state index >= 15 is 0 Å². The SMILES string of the molecule is CC1CCC(C)CC1.Cc1cc(F)c(C)c(F)c1.Cc1cc(F)c2c(c1)Cc1c-2cc(C)c(C)c1C.Cc1cc(F)c2c(c1)cc(F)c1c(C)c(C)c(C)cc12.Cc1ccc(C)c(F)c1.Cc1ccc(C)cc1.Cc1ccc2c(c1)Cc1c-2cc(C)c(C)c1C.Cc1ccc2c(c1)cc(F)c1c(C)c(C)c(C)cc12.